The van der Waals surface area contributed by atoms with Gasteiger partial charge in [-0.3, -0.25) is 4.21 Å². The van der Waals surface area contributed by atoms with Gasteiger partial charge in [0.15, 0.2) is 0 Å². The van der Waals surface area contributed by atoms with E-state index in [1.165, 1.54) is 24.3 Å². The van der Waals surface area contributed by atoms with Gasteiger partial charge in [0, 0.05) is 10.5 Å². The molecule has 2 rings (SSSR count). The van der Waals surface area contributed by atoms with Crippen LogP contribution in [0.2, 0.25) is 5.02 Å². The Kier molecular flexibility index (Phi) is 4.38. The predicted molar refractivity (Wildman–Crippen MR) is 77.1 cm³/mol. The zero-order chi connectivity index (χ0) is 14.7. The minimum absolute atomic E-state index is 0.0262. The van der Waals surface area contributed by atoms with Gasteiger partial charge in [0.05, 0.1) is 38.9 Å². The summed E-state index contributed by atoms with van der Waals surface area (Å²) in [5.41, 5.74) is 6.53. The molecular weight excluding hydrogens is 299 g/mol. The zero-order valence-corrected chi connectivity index (χ0v) is 11.8. The average molecular weight is 309 g/mol. The van der Waals surface area contributed by atoms with Crippen molar-refractivity contribution in [1.82, 2.24) is 0 Å². The molecule has 0 heterocycles. The van der Waals surface area contributed by atoms with Crippen LogP contribution < -0.4 is 5.73 Å². The predicted octanol–water partition coefficient (Wildman–Crippen LogP) is 3.24. The molecule has 1 atom stereocenters. The van der Waals surface area contributed by atoms with Crippen LogP contribution in [0.15, 0.2) is 41.3 Å². The minimum Gasteiger partial charge on any atom is -0.398 e. The monoisotopic (exact) mass is 308 g/mol. The first-order valence-electron chi connectivity index (χ1n) is 5.63. The fraction of sp³-hybridized carbons (Fsp3) is 0.0714. The first-order valence-corrected chi connectivity index (χ1v) is 7.33. The summed E-state index contributed by atoms with van der Waals surface area (Å²) in [4.78, 5) is 0.464. The summed E-state index contributed by atoms with van der Waals surface area (Å²) in [6.07, 6.45) is 0. The van der Waals surface area contributed by atoms with Gasteiger partial charge < -0.3 is 5.73 Å². The van der Waals surface area contributed by atoms with Crippen molar-refractivity contribution in [3.63, 3.8) is 0 Å². The van der Waals surface area contributed by atoms with Gasteiger partial charge in [-0.1, -0.05) is 11.6 Å². The number of nitrogens with zero attached hydrogens (tertiary/aromatic N) is 1. The van der Waals surface area contributed by atoms with E-state index in [0.29, 0.717) is 21.2 Å². The van der Waals surface area contributed by atoms with Crippen molar-refractivity contribution < 1.29 is 8.60 Å². The molecule has 0 fully saturated rings. The van der Waals surface area contributed by atoms with E-state index in [-0.39, 0.29) is 11.3 Å². The number of rotatable bonds is 3. The van der Waals surface area contributed by atoms with E-state index in [2.05, 4.69) is 0 Å². The third-order valence-electron chi connectivity index (χ3n) is 2.70. The molecule has 0 spiro atoms. The van der Waals surface area contributed by atoms with Crippen LogP contribution in [0.4, 0.5) is 10.1 Å². The summed E-state index contributed by atoms with van der Waals surface area (Å²) in [7, 11) is -1.46. The fourth-order valence-electron chi connectivity index (χ4n) is 1.63. The lowest BCUT2D eigenvalue weighted by Gasteiger charge is -2.06. The Hall–Kier alpha value is -1.90. The topological polar surface area (TPSA) is 66.9 Å². The second-order valence-corrected chi connectivity index (χ2v) is 5.95. The van der Waals surface area contributed by atoms with Gasteiger partial charge in [0.2, 0.25) is 0 Å². The van der Waals surface area contributed by atoms with E-state index in [0.717, 1.165) is 0 Å². The Morgan fingerprint density at radius 3 is 2.70 bits per heavy atom. The molecule has 0 radical (unpaired) electrons. The smallest absolute Gasteiger partial charge is 0.127 e. The zero-order valence-electron chi connectivity index (χ0n) is 10.3. The number of nitriles is 1. The number of nitrogens with two attached hydrogens (primary N) is 1. The van der Waals surface area contributed by atoms with Gasteiger partial charge in [0.25, 0.3) is 0 Å². The molecule has 0 aliphatic heterocycles. The highest BCUT2D eigenvalue weighted by Gasteiger charge is 2.11. The van der Waals surface area contributed by atoms with Gasteiger partial charge in [-0.05, 0) is 36.4 Å². The summed E-state index contributed by atoms with van der Waals surface area (Å²) in [5, 5.41) is 9.10. The van der Waals surface area contributed by atoms with E-state index in [1.807, 2.05) is 6.07 Å². The van der Waals surface area contributed by atoms with Crippen LogP contribution in [-0.4, -0.2) is 4.21 Å². The van der Waals surface area contributed by atoms with Crippen LogP contribution in [0.1, 0.15) is 11.1 Å². The Morgan fingerprint density at radius 2 is 2.05 bits per heavy atom. The summed E-state index contributed by atoms with van der Waals surface area (Å²) >= 11 is 5.86. The van der Waals surface area contributed by atoms with Crippen molar-refractivity contribution in [1.29, 1.82) is 5.26 Å². The van der Waals surface area contributed by atoms with Crippen LogP contribution in [0, 0.1) is 17.1 Å². The summed E-state index contributed by atoms with van der Waals surface area (Å²) < 4.78 is 25.8. The largest absolute Gasteiger partial charge is 0.398 e. The highest BCUT2D eigenvalue weighted by molar-refractivity contribution is 7.84. The Bertz CT molecular complexity index is 728. The number of hydrogen-bond donors (Lipinski definition) is 1. The van der Waals surface area contributed by atoms with Crippen molar-refractivity contribution in [2.45, 2.75) is 10.6 Å². The van der Waals surface area contributed by atoms with Gasteiger partial charge in [0.1, 0.15) is 5.82 Å². The van der Waals surface area contributed by atoms with E-state index in [4.69, 9.17) is 22.6 Å². The van der Waals surface area contributed by atoms with Crippen LogP contribution in [0.5, 0.6) is 0 Å². The molecule has 2 aromatic carbocycles. The minimum atomic E-state index is -1.46. The summed E-state index contributed by atoms with van der Waals surface area (Å²) in [5.74, 6) is -0.513. The Labute approximate surface area is 123 Å². The van der Waals surface area contributed by atoms with Crippen LogP contribution in [0.25, 0.3) is 0 Å². The number of hydrogen-bond acceptors (Lipinski definition) is 3. The fourth-order valence-corrected chi connectivity index (χ4v) is 3.01. The second kappa shape index (κ2) is 6.04. The molecule has 0 aliphatic carbocycles. The van der Waals surface area contributed by atoms with Crippen molar-refractivity contribution in [2.75, 3.05) is 5.73 Å². The highest BCUT2D eigenvalue weighted by Crippen LogP contribution is 2.23. The Balaban J connectivity index is 2.28. The molecular formula is C14H10ClFN2OS. The number of halogens is 2. The molecule has 2 N–H and O–H groups in total. The Morgan fingerprint density at radius 1 is 1.30 bits per heavy atom. The molecule has 0 saturated heterocycles. The van der Waals surface area contributed by atoms with Crippen molar-refractivity contribution in [3.8, 4) is 6.07 Å². The first kappa shape index (κ1) is 14.5. The van der Waals surface area contributed by atoms with Gasteiger partial charge in [-0.15, -0.1) is 0 Å². The lowest BCUT2D eigenvalue weighted by atomic mass is 10.1. The van der Waals surface area contributed by atoms with E-state index < -0.39 is 16.6 Å². The molecule has 102 valence electrons. The molecule has 3 nitrogen and oxygen atoms in total. The molecule has 0 aromatic heterocycles. The molecule has 0 amide bonds. The third kappa shape index (κ3) is 3.16. The van der Waals surface area contributed by atoms with Crippen LogP contribution in [-0.2, 0) is 16.6 Å². The standard InChI is InChI=1S/C14H10ClFN2OS/c15-12-6-11(2-4-14(12)18)20(19)8-10-5-9(7-17)1-3-13(10)16/h1-6H,8,18H2. The summed E-state index contributed by atoms with van der Waals surface area (Å²) in [6.45, 7) is 0. The number of nitrogen functional groups attached to an aromatic ring is 1. The first-order chi connectivity index (χ1) is 9.51. The van der Waals surface area contributed by atoms with Crippen molar-refractivity contribution >= 4 is 28.1 Å². The molecule has 2 aromatic rings. The van der Waals surface area contributed by atoms with Gasteiger partial charge in [-0.25, -0.2) is 4.39 Å². The van der Waals surface area contributed by atoms with E-state index in [9.17, 15) is 8.60 Å². The quantitative estimate of drug-likeness (QED) is 0.885. The van der Waals surface area contributed by atoms with Gasteiger partial charge >= 0.3 is 0 Å². The lowest BCUT2D eigenvalue weighted by Crippen LogP contribution is -2.00. The van der Waals surface area contributed by atoms with E-state index >= 15 is 0 Å². The molecule has 0 saturated carbocycles. The van der Waals surface area contributed by atoms with Crippen molar-refractivity contribution in [2.24, 2.45) is 0 Å². The lowest BCUT2D eigenvalue weighted by molar-refractivity contribution is 0.615. The third-order valence-corrected chi connectivity index (χ3v) is 4.38. The van der Waals surface area contributed by atoms with Crippen LogP contribution >= 0.6 is 11.6 Å². The van der Waals surface area contributed by atoms with Gasteiger partial charge in [-0.2, -0.15) is 5.26 Å². The molecule has 6 heteroatoms. The van der Waals surface area contributed by atoms with Crippen LogP contribution in [0.3, 0.4) is 0 Å². The average Bonchev–Trinajstić information content (AvgIpc) is 2.44. The summed E-state index contributed by atoms with van der Waals surface area (Å²) in [6, 6.07) is 10.5. The SMILES string of the molecule is N#Cc1ccc(F)c(CS(=O)c2ccc(N)c(Cl)c2)c1. The number of benzene rings is 2. The molecule has 0 bridgehead atoms. The second-order valence-electron chi connectivity index (χ2n) is 4.09. The normalized spacial score (nSPS) is 11.8. The maximum absolute atomic E-state index is 13.6. The molecule has 20 heavy (non-hydrogen) atoms. The maximum atomic E-state index is 13.6. The van der Waals surface area contributed by atoms with Crippen molar-refractivity contribution in [3.05, 3.63) is 58.4 Å². The van der Waals surface area contributed by atoms with E-state index in [1.54, 1.807) is 12.1 Å². The maximum Gasteiger partial charge on any atom is 0.127 e. The molecule has 0 aliphatic rings. The number of anilines is 1. The highest BCUT2D eigenvalue weighted by atomic mass is 35.5. The molecule has 1 unspecified atom stereocenters.